The number of carbonyl (C=O) groups excluding carboxylic acids is 1. The van der Waals surface area contributed by atoms with E-state index >= 15 is 0 Å². The highest BCUT2D eigenvalue weighted by molar-refractivity contribution is 7.15. The molecule has 0 unspecified atom stereocenters. The van der Waals surface area contributed by atoms with Crippen LogP contribution >= 0.6 is 11.3 Å². The molecule has 0 N–H and O–H groups in total. The van der Waals surface area contributed by atoms with Crippen molar-refractivity contribution in [3.8, 4) is 22.4 Å². The lowest BCUT2D eigenvalue weighted by Crippen LogP contribution is -1.93. The molecule has 2 heterocycles. The average molecular weight is 318 g/mol. The third-order valence-corrected chi connectivity index (χ3v) is 4.89. The molecule has 0 aliphatic carbocycles. The van der Waals surface area contributed by atoms with Crippen LogP contribution in [0.3, 0.4) is 0 Å². The number of hydrogen-bond donors (Lipinski definition) is 0. The number of nitrogens with zero attached hydrogens (tertiary/aromatic N) is 2. The van der Waals surface area contributed by atoms with E-state index in [1.807, 2.05) is 47.0 Å². The molecule has 0 saturated heterocycles. The van der Waals surface area contributed by atoms with Gasteiger partial charge >= 0.3 is 0 Å². The third-order valence-electron chi connectivity index (χ3n) is 3.95. The Morgan fingerprint density at radius 2 is 1.61 bits per heavy atom. The lowest BCUT2D eigenvalue weighted by molar-refractivity contribution is 0.111. The van der Waals surface area contributed by atoms with Gasteiger partial charge in [0, 0.05) is 16.6 Å². The van der Waals surface area contributed by atoms with Gasteiger partial charge in [0.05, 0.1) is 0 Å². The van der Waals surface area contributed by atoms with E-state index < -0.39 is 0 Å². The summed E-state index contributed by atoms with van der Waals surface area (Å²) in [5, 5.41) is 2.01. The number of rotatable bonds is 3. The molecule has 0 atom stereocenters. The van der Waals surface area contributed by atoms with E-state index in [9.17, 15) is 4.79 Å². The van der Waals surface area contributed by atoms with Gasteiger partial charge < -0.3 is 0 Å². The highest BCUT2D eigenvalue weighted by Crippen LogP contribution is 2.29. The van der Waals surface area contributed by atoms with Crippen molar-refractivity contribution in [3.05, 3.63) is 71.4 Å². The first-order chi connectivity index (χ1) is 11.3. The maximum Gasteiger partial charge on any atom is 0.195 e. The summed E-state index contributed by atoms with van der Waals surface area (Å²) >= 11 is 1.55. The van der Waals surface area contributed by atoms with Crippen molar-refractivity contribution in [1.82, 2.24) is 9.38 Å². The first kappa shape index (κ1) is 13.9. The normalized spacial score (nSPS) is 11.0. The number of benzene rings is 2. The fourth-order valence-corrected chi connectivity index (χ4v) is 3.67. The molecular weight excluding hydrogens is 304 g/mol. The second-order valence-corrected chi connectivity index (χ2v) is 6.24. The van der Waals surface area contributed by atoms with Gasteiger partial charge in [-0.15, -0.1) is 11.3 Å². The van der Waals surface area contributed by atoms with Crippen molar-refractivity contribution in [2.75, 3.05) is 0 Å². The molecule has 0 radical (unpaired) electrons. The highest BCUT2D eigenvalue weighted by atomic mass is 32.1. The van der Waals surface area contributed by atoms with Crippen LogP contribution in [0.25, 0.3) is 27.3 Å². The topological polar surface area (TPSA) is 34.4 Å². The summed E-state index contributed by atoms with van der Waals surface area (Å²) in [4.78, 5) is 17.0. The number of hydrogen-bond acceptors (Lipinski definition) is 3. The fourth-order valence-electron chi connectivity index (χ4n) is 2.79. The molecular formula is C19H14N2OS. The molecule has 2 aromatic carbocycles. The first-order valence-corrected chi connectivity index (χ1v) is 8.23. The van der Waals surface area contributed by atoms with Gasteiger partial charge in [-0.1, -0.05) is 54.6 Å². The maximum atomic E-state index is 11.6. The van der Waals surface area contributed by atoms with E-state index in [0.29, 0.717) is 5.69 Å². The summed E-state index contributed by atoms with van der Waals surface area (Å²) in [6, 6.07) is 18.4. The minimum absolute atomic E-state index is 0.617. The third kappa shape index (κ3) is 2.28. The van der Waals surface area contributed by atoms with Gasteiger partial charge in [0.2, 0.25) is 0 Å². The average Bonchev–Trinajstić information content (AvgIpc) is 3.15. The van der Waals surface area contributed by atoms with Crippen LogP contribution < -0.4 is 0 Å². The number of aromatic nitrogens is 2. The Morgan fingerprint density at radius 3 is 2.30 bits per heavy atom. The van der Waals surface area contributed by atoms with E-state index in [2.05, 4.69) is 29.2 Å². The van der Waals surface area contributed by atoms with Crippen LogP contribution in [-0.2, 0) is 0 Å². The summed E-state index contributed by atoms with van der Waals surface area (Å²) in [5.74, 6) is 0. The Balaban J connectivity index is 1.81. The summed E-state index contributed by atoms with van der Waals surface area (Å²) in [7, 11) is 0. The van der Waals surface area contributed by atoms with Crippen LogP contribution in [0.1, 0.15) is 16.2 Å². The van der Waals surface area contributed by atoms with Crippen molar-refractivity contribution in [3.63, 3.8) is 0 Å². The van der Waals surface area contributed by atoms with Gasteiger partial charge in [0.1, 0.15) is 11.4 Å². The molecule has 3 nitrogen and oxygen atoms in total. The summed E-state index contributed by atoms with van der Waals surface area (Å²) in [5.41, 5.74) is 5.69. The van der Waals surface area contributed by atoms with Crippen LogP contribution in [0.2, 0.25) is 0 Å². The van der Waals surface area contributed by atoms with Gasteiger partial charge in [0.25, 0.3) is 0 Å². The number of fused-ring (bicyclic) bond motifs is 1. The van der Waals surface area contributed by atoms with Gasteiger partial charge in [-0.05, 0) is 18.1 Å². The number of imidazole rings is 1. The highest BCUT2D eigenvalue weighted by Gasteiger charge is 2.16. The van der Waals surface area contributed by atoms with E-state index in [1.54, 1.807) is 11.3 Å². The Bertz CT molecular complexity index is 982. The standard InChI is InChI=1S/C19H14N2OS/c1-13-12-23-19-20-18(17(11-22)21(13)19)16-9-7-15(8-10-16)14-5-3-2-4-6-14/h2-12H,1H3. The molecule has 4 heteroatoms. The number of aldehydes is 1. The van der Waals surface area contributed by atoms with Gasteiger partial charge in [-0.3, -0.25) is 9.20 Å². The lowest BCUT2D eigenvalue weighted by atomic mass is 10.0. The molecule has 112 valence electrons. The van der Waals surface area contributed by atoms with Crippen LogP contribution in [0.5, 0.6) is 0 Å². The van der Waals surface area contributed by atoms with Gasteiger partial charge in [0.15, 0.2) is 11.2 Å². The van der Waals surface area contributed by atoms with E-state index in [-0.39, 0.29) is 0 Å². The molecule has 4 aromatic rings. The molecule has 0 amide bonds. The van der Waals surface area contributed by atoms with Gasteiger partial charge in [-0.2, -0.15) is 0 Å². The maximum absolute atomic E-state index is 11.6. The van der Waals surface area contributed by atoms with Crippen molar-refractivity contribution in [1.29, 1.82) is 0 Å². The van der Waals surface area contributed by atoms with E-state index in [1.165, 1.54) is 5.56 Å². The van der Waals surface area contributed by atoms with Crippen LogP contribution in [-0.4, -0.2) is 15.7 Å². The molecule has 0 saturated carbocycles. The number of carbonyl (C=O) groups is 1. The minimum atomic E-state index is 0.617. The molecule has 0 fully saturated rings. The van der Waals surface area contributed by atoms with Crippen molar-refractivity contribution in [2.24, 2.45) is 0 Å². The number of thiazole rings is 1. The minimum Gasteiger partial charge on any atom is -0.296 e. The zero-order chi connectivity index (χ0) is 15.8. The molecule has 4 rings (SSSR count). The van der Waals surface area contributed by atoms with Crippen LogP contribution in [0, 0.1) is 6.92 Å². The van der Waals surface area contributed by atoms with E-state index in [4.69, 9.17) is 0 Å². The van der Waals surface area contributed by atoms with Crippen molar-refractivity contribution in [2.45, 2.75) is 6.92 Å². The first-order valence-electron chi connectivity index (χ1n) is 7.35. The smallest absolute Gasteiger partial charge is 0.195 e. The Labute approximate surface area is 137 Å². The molecule has 23 heavy (non-hydrogen) atoms. The second kappa shape index (κ2) is 5.48. The summed E-state index contributed by atoms with van der Waals surface area (Å²) in [6.07, 6.45) is 0.889. The van der Waals surface area contributed by atoms with Crippen LogP contribution in [0.4, 0.5) is 0 Å². The Kier molecular flexibility index (Phi) is 3.32. The van der Waals surface area contributed by atoms with Crippen molar-refractivity contribution < 1.29 is 4.79 Å². The Hall–Kier alpha value is -2.72. The lowest BCUT2D eigenvalue weighted by Gasteiger charge is -2.04. The number of aryl methyl sites for hydroxylation is 1. The fraction of sp³-hybridized carbons (Fsp3) is 0.0526. The second-order valence-electron chi connectivity index (χ2n) is 5.40. The monoisotopic (exact) mass is 318 g/mol. The van der Waals surface area contributed by atoms with Crippen LogP contribution in [0.15, 0.2) is 60.0 Å². The molecule has 2 aromatic heterocycles. The zero-order valence-electron chi connectivity index (χ0n) is 12.6. The largest absolute Gasteiger partial charge is 0.296 e. The Morgan fingerprint density at radius 1 is 0.957 bits per heavy atom. The van der Waals surface area contributed by atoms with Gasteiger partial charge in [-0.25, -0.2) is 4.98 Å². The molecule has 0 aliphatic heterocycles. The summed E-state index contributed by atoms with van der Waals surface area (Å²) in [6.45, 7) is 1.99. The summed E-state index contributed by atoms with van der Waals surface area (Å²) < 4.78 is 1.91. The zero-order valence-corrected chi connectivity index (χ0v) is 13.4. The predicted octanol–water partition coefficient (Wildman–Crippen LogP) is 4.85. The van der Waals surface area contributed by atoms with E-state index in [0.717, 1.165) is 33.8 Å². The molecule has 0 aliphatic rings. The predicted molar refractivity (Wildman–Crippen MR) is 94.1 cm³/mol. The van der Waals surface area contributed by atoms with Crippen molar-refractivity contribution >= 4 is 22.6 Å². The molecule has 0 spiro atoms. The SMILES string of the molecule is Cc1csc2nc(-c3ccc(-c4ccccc4)cc3)c(C=O)n12. The molecule has 0 bridgehead atoms. The quantitative estimate of drug-likeness (QED) is 0.506.